The number of fused-ring (bicyclic) bond motifs is 1. The lowest BCUT2D eigenvalue weighted by Gasteiger charge is -2.44. The van der Waals surface area contributed by atoms with Crippen LogP contribution < -0.4 is 14.2 Å². The maximum atomic E-state index is 13.3. The highest BCUT2D eigenvalue weighted by molar-refractivity contribution is 7.89. The standard InChI is InChI=1S/C29H37N5O6S/c1-32-17-23(35)15-31-41(37,38)27-8-7-22(21-5-4-6-24(13-21)39-3)14-26(27)40-19-29(18-32)9-11-34(12-10-29)28(36)25-16-30-20-33(25)2/h4-8,13-14,16,20,23,31,35H,9-12,15,17-19H2,1-3H3. The monoisotopic (exact) mass is 583 g/mol. The molecule has 1 unspecified atom stereocenters. The van der Waals surface area contributed by atoms with Crippen LogP contribution in [0.1, 0.15) is 23.3 Å². The van der Waals surface area contributed by atoms with Crippen LogP contribution in [-0.4, -0.2) is 98.4 Å². The van der Waals surface area contributed by atoms with Crippen LogP contribution in [0.4, 0.5) is 0 Å². The zero-order valence-corrected chi connectivity index (χ0v) is 24.4. The molecule has 220 valence electrons. The van der Waals surface area contributed by atoms with E-state index in [4.69, 9.17) is 9.47 Å². The van der Waals surface area contributed by atoms with Gasteiger partial charge >= 0.3 is 0 Å². The smallest absolute Gasteiger partial charge is 0.272 e. The molecule has 2 aromatic carbocycles. The first-order valence-electron chi connectivity index (χ1n) is 13.6. The van der Waals surface area contributed by atoms with Crippen molar-refractivity contribution in [1.29, 1.82) is 0 Å². The van der Waals surface area contributed by atoms with Gasteiger partial charge in [-0.3, -0.25) is 4.79 Å². The number of likely N-dealkylation sites (N-methyl/N-ethyl adjacent to an activating group) is 1. The summed E-state index contributed by atoms with van der Waals surface area (Å²) in [5, 5.41) is 10.6. The molecule has 1 atom stereocenters. The molecule has 3 heterocycles. The van der Waals surface area contributed by atoms with Crippen molar-refractivity contribution >= 4 is 15.9 Å². The van der Waals surface area contributed by atoms with Gasteiger partial charge in [0.05, 0.1) is 32.3 Å². The fraction of sp³-hybridized carbons (Fsp3) is 0.448. The summed E-state index contributed by atoms with van der Waals surface area (Å²) in [7, 11) is 1.34. The first-order valence-corrected chi connectivity index (χ1v) is 15.1. The van der Waals surface area contributed by atoms with Crippen LogP contribution >= 0.6 is 0 Å². The van der Waals surface area contributed by atoms with Crippen LogP contribution in [0.5, 0.6) is 11.5 Å². The van der Waals surface area contributed by atoms with Gasteiger partial charge in [-0.2, -0.15) is 0 Å². The Morgan fingerprint density at radius 2 is 1.90 bits per heavy atom. The summed E-state index contributed by atoms with van der Waals surface area (Å²) in [6, 6.07) is 12.5. The van der Waals surface area contributed by atoms with Gasteiger partial charge in [0.15, 0.2) is 0 Å². The molecule has 11 nitrogen and oxygen atoms in total. The molecule has 2 aliphatic rings. The Morgan fingerprint density at radius 1 is 1.15 bits per heavy atom. The normalized spacial score (nSPS) is 21.3. The van der Waals surface area contributed by atoms with E-state index in [0.29, 0.717) is 50.5 Å². The van der Waals surface area contributed by atoms with Crippen LogP contribution in [0.15, 0.2) is 59.9 Å². The van der Waals surface area contributed by atoms with Gasteiger partial charge in [-0.25, -0.2) is 18.1 Å². The van der Waals surface area contributed by atoms with E-state index in [1.54, 1.807) is 49.4 Å². The number of hydrogen-bond acceptors (Lipinski definition) is 8. The largest absolute Gasteiger partial charge is 0.497 e. The van der Waals surface area contributed by atoms with E-state index in [0.717, 1.165) is 11.1 Å². The van der Waals surface area contributed by atoms with Crippen molar-refractivity contribution in [2.75, 3.05) is 53.5 Å². The molecule has 41 heavy (non-hydrogen) atoms. The van der Waals surface area contributed by atoms with E-state index in [1.165, 1.54) is 0 Å². The number of amides is 1. The van der Waals surface area contributed by atoms with E-state index >= 15 is 0 Å². The molecule has 1 aromatic heterocycles. The quantitative estimate of drug-likeness (QED) is 0.480. The molecule has 3 aromatic rings. The number of likely N-dealkylation sites (tertiary alicyclic amines) is 1. The SMILES string of the molecule is COc1cccc(-c2ccc3c(c2)OCC2(CCN(C(=O)c4cncn4C)CC2)CN(C)CC(O)CNS3(=O)=O)c1. The van der Waals surface area contributed by atoms with Crippen LogP contribution in [0.3, 0.4) is 0 Å². The van der Waals surface area contributed by atoms with Crippen molar-refractivity contribution in [2.45, 2.75) is 23.8 Å². The molecule has 12 heteroatoms. The van der Waals surface area contributed by atoms with Crippen molar-refractivity contribution in [2.24, 2.45) is 12.5 Å². The number of piperidine rings is 1. The summed E-state index contributed by atoms with van der Waals surface area (Å²) in [6.07, 6.45) is 3.62. The minimum atomic E-state index is -3.96. The Morgan fingerprint density at radius 3 is 2.61 bits per heavy atom. The summed E-state index contributed by atoms with van der Waals surface area (Å²) >= 11 is 0. The van der Waals surface area contributed by atoms with Crippen LogP contribution in [-0.2, 0) is 17.1 Å². The number of hydrogen-bond donors (Lipinski definition) is 2. The lowest BCUT2D eigenvalue weighted by molar-refractivity contribution is 0.0156. The average molecular weight is 584 g/mol. The van der Waals surface area contributed by atoms with E-state index in [9.17, 15) is 18.3 Å². The Bertz CT molecular complexity index is 1500. The number of aryl methyl sites for hydroxylation is 1. The van der Waals surface area contributed by atoms with E-state index in [-0.39, 0.29) is 35.1 Å². The first kappa shape index (κ1) is 29.1. The number of aliphatic hydroxyl groups is 1. The number of aromatic nitrogens is 2. The van der Waals surface area contributed by atoms with E-state index < -0.39 is 16.1 Å². The Kier molecular flexibility index (Phi) is 8.37. The second kappa shape index (κ2) is 11.8. The van der Waals surface area contributed by atoms with E-state index in [2.05, 4.69) is 9.71 Å². The third-order valence-corrected chi connectivity index (χ3v) is 9.42. The maximum absolute atomic E-state index is 13.3. The number of ether oxygens (including phenoxy) is 2. The van der Waals surface area contributed by atoms with Crippen molar-refractivity contribution in [1.82, 2.24) is 24.1 Å². The molecule has 0 saturated carbocycles. The highest BCUT2D eigenvalue weighted by Crippen LogP contribution is 2.37. The summed E-state index contributed by atoms with van der Waals surface area (Å²) in [4.78, 5) is 21.1. The lowest BCUT2D eigenvalue weighted by atomic mass is 9.78. The summed E-state index contributed by atoms with van der Waals surface area (Å²) in [5.74, 6) is 0.861. The number of β-amino-alcohol motifs (C(OH)–C–C–N with tert-alkyl or cyclic N) is 1. The maximum Gasteiger partial charge on any atom is 0.272 e. The molecule has 1 spiro atoms. The van der Waals surface area contributed by atoms with Gasteiger partial charge in [-0.05, 0) is 55.3 Å². The molecular formula is C29H37N5O6S. The number of carbonyl (C=O) groups excluding carboxylic acids is 1. The number of rotatable bonds is 3. The zero-order chi connectivity index (χ0) is 29.2. The van der Waals surface area contributed by atoms with Gasteiger partial charge in [0.25, 0.3) is 5.91 Å². The Balaban J connectivity index is 1.46. The fourth-order valence-electron chi connectivity index (χ4n) is 5.66. The number of carbonyl (C=O) groups is 1. The third kappa shape index (κ3) is 6.40. The van der Waals surface area contributed by atoms with Crippen molar-refractivity contribution < 1.29 is 27.8 Å². The molecule has 0 aliphatic carbocycles. The molecule has 2 N–H and O–H groups in total. The molecule has 2 aliphatic heterocycles. The van der Waals surface area contributed by atoms with Gasteiger partial charge in [0.2, 0.25) is 10.0 Å². The second-order valence-electron chi connectivity index (χ2n) is 11.1. The molecule has 5 rings (SSSR count). The van der Waals surface area contributed by atoms with Crippen molar-refractivity contribution in [3.05, 3.63) is 60.7 Å². The molecule has 1 fully saturated rings. The number of benzene rings is 2. The number of methoxy groups -OCH3 is 1. The average Bonchev–Trinajstić information content (AvgIpc) is 3.40. The van der Waals surface area contributed by atoms with Gasteiger partial charge < -0.3 is 28.9 Å². The van der Waals surface area contributed by atoms with Crippen LogP contribution in [0.25, 0.3) is 11.1 Å². The molecule has 1 saturated heterocycles. The highest BCUT2D eigenvalue weighted by atomic mass is 32.2. The highest BCUT2D eigenvalue weighted by Gasteiger charge is 2.39. The Labute approximate surface area is 240 Å². The molecule has 1 amide bonds. The Hall–Kier alpha value is -3.45. The van der Waals surface area contributed by atoms with Crippen LogP contribution in [0, 0.1) is 5.41 Å². The van der Waals surface area contributed by atoms with Gasteiger partial charge in [-0.15, -0.1) is 0 Å². The topological polar surface area (TPSA) is 126 Å². The van der Waals surface area contributed by atoms with Gasteiger partial charge in [0, 0.05) is 45.2 Å². The predicted molar refractivity (Wildman–Crippen MR) is 153 cm³/mol. The lowest BCUT2D eigenvalue weighted by Crippen LogP contribution is -2.51. The number of sulfonamides is 1. The van der Waals surface area contributed by atoms with Crippen LogP contribution in [0.2, 0.25) is 0 Å². The van der Waals surface area contributed by atoms with Gasteiger partial charge in [-0.1, -0.05) is 18.2 Å². The second-order valence-corrected chi connectivity index (χ2v) is 12.8. The number of nitrogens with zero attached hydrogens (tertiary/aromatic N) is 4. The zero-order valence-electron chi connectivity index (χ0n) is 23.6. The third-order valence-electron chi connectivity index (χ3n) is 7.95. The van der Waals surface area contributed by atoms with Crippen molar-refractivity contribution in [3.63, 3.8) is 0 Å². The van der Waals surface area contributed by atoms with Crippen molar-refractivity contribution in [3.8, 4) is 22.6 Å². The molecule has 0 bridgehead atoms. The predicted octanol–water partition coefficient (Wildman–Crippen LogP) is 1.98. The summed E-state index contributed by atoms with van der Waals surface area (Å²) < 4.78 is 42.7. The molecule has 0 radical (unpaired) electrons. The molecular weight excluding hydrogens is 546 g/mol. The summed E-state index contributed by atoms with van der Waals surface area (Å²) in [5.41, 5.74) is 1.82. The van der Waals surface area contributed by atoms with E-state index in [1.807, 2.05) is 41.1 Å². The minimum Gasteiger partial charge on any atom is -0.497 e. The number of imidazole rings is 1. The first-order chi connectivity index (χ1) is 19.6. The fourth-order valence-corrected chi connectivity index (χ4v) is 6.86. The van der Waals surface area contributed by atoms with Gasteiger partial charge in [0.1, 0.15) is 22.1 Å². The number of aliphatic hydroxyl groups excluding tert-OH is 1. The minimum absolute atomic E-state index is 0.0178. The number of nitrogens with one attached hydrogen (secondary N) is 1. The summed E-state index contributed by atoms with van der Waals surface area (Å²) in [6.45, 7) is 2.11.